The van der Waals surface area contributed by atoms with Crippen molar-refractivity contribution in [1.29, 1.82) is 0 Å². The van der Waals surface area contributed by atoms with Gasteiger partial charge in [-0.15, -0.1) is 0 Å². The second-order valence-corrected chi connectivity index (χ2v) is 10.5. The Labute approximate surface area is 99.8 Å². The number of hydrogen-bond donors (Lipinski definition) is 0. The van der Waals surface area contributed by atoms with Gasteiger partial charge in [0.25, 0.3) is 0 Å². The van der Waals surface area contributed by atoms with E-state index >= 15 is 0 Å². The second-order valence-electron chi connectivity index (χ2n) is 5.51. The lowest BCUT2D eigenvalue weighted by Gasteiger charge is -2.35. The molecule has 0 bridgehead atoms. The van der Waals surface area contributed by atoms with Crippen LogP contribution in [0.15, 0.2) is 30.3 Å². The van der Waals surface area contributed by atoms with Crippen LogP contribution in [-0.2, 0) is 10.8 Å². The summed E-state index contributed by atoms with van der Waals surface area (Å²) in [6.07, 6.45) is 3.90. The van der Waals surface area contributed by atoms with Gasteiger partial charge in [0.05, 0.1) is 8.07 Å². The van der Waals surface area contributed by atoms with Crippen molar-refractivity contribution < 1.29 is 4.74 Å². The maximum Gasteiger partial charge on any atom is 0.0858 e. The minimum atomic E-state index is -1.27. The average Bonchev–Trinajstić information content (AvgIpc) is 2.31. The topological polar surface area (TPSA) is 9.23 Å². The average molecular weight is 234 g/mol. The molecule has 1 aromatic carbocycles. The van der Waals surface area contributed by atoms with Crippen molar-refractivity contribution in [3.63, 3.8) is 0 Å². The predicted octanol–water partition coefficient (Wildman–Crippen LogP) is 3.59. The van der Waals surface area contributed by atoms with Crippen molar-refractivity contribution >= 4 is 8.07 Å². The van der Waals surface area contributed by atoms with Gasteiger partial charge < -0.3 is 4.74 Å². The second kappa shape index (κ2) is 5.15. The lowest BCUT2D eigenvalue weighted by Crippen LogP contribution is -2.47. The molecule has 0 amide bonds. The van der Waals surface area contributed by atoms with Gasteiger partial charge in [-0.25, -0.2) is 0 Å². The molecule has 0 saturated carbocycles. The molecule has 1 unspecified atom stereocenters. The van der Waals surface area contributed by atoms with Crippen LogP contribution >= 0.6 is 0 Å². The summed E-state index contributed by atoms with van der Waals surface area (Å²) in [7, 11) is -1.27. The summed E-state index contributed by atoms with van der Waals surface area (Å²) in [5.41, 5.74) is 2.05. The molecule has 1 atom stereocenters. The molecule has 1 aromatic rings. The molecule has 88 valence electrons. The largest absolute Gasteiger partial charge is 0.382 e. The van der Waals surface area contributed by atoms with Crippen LogP contribution in [0.4, 0.5) is 0 Å². The summed E-state index contributed by atoms with van der Waals surface area (Å²) < 4.78 is 5.98. The van der Waals surface area contributed by atoms with Gasteiger partial charge in [-0.1, -0.05) is 49.0 Å². The highest BCUT2D eigenvalue weighted by molar-refractivity contribution is 6.78. The van der Waals surface area contributed by atoms with E-state index in [4.69, 9.17) is 4.74 Å². The van der Waals surface area contributed by atoms with E-state index < -0.39 is 8.07 Å². The van der Waals surface area contributed by atoms with Gasteiger partial charge in [-0.05, 0) is 25.3 Å². The van der Waals surface area contributed by atoms with Gasteiger partial charge in [-0.2, -0.15) is 0 Å². The van der Waals surface area contributed by atoms with Crippen molar-refractivity contribution in [3.05, 3.63) is 35.9 Å². The zero-order valence-corrected chi connectivity index (χ0v) is 11.4. The molecule has 0 spiro atoms. The maximum atomic E-state index is 5.98. The SMILES string of the molecule is C[Si](C)(Cc1ccccc1)C1CCCCO1. The molecule has 0 aromatic heterocycles. The van der Waals surface area contributed by atoms with Crippen molar-refractivity contribution in [2.75, 3.05) is 6.61 Å². The van der Waals surface area contributed by atoms with Gasteiger partial charge in [0, 0.05) is 12.3 Å². The zero-order chi connectivity index (χ0) is 11.4. The molecule has 1 aliphatic heterocycles. The van der Waals surface area contributed by atoms with Gasteiger partial charge in [0.1, 0.15) is 0 Å². The van der Waals surface area contributed by atoms with E-state index in [0.717, 1.165) is 6.61 Å². The molecule has 1 aliphatic rings. The van der Waals surface area contributed by atoms with E-state index in [2.05, 4.69) is 43.4 Å². The summed E-state index contributed by atoms with van der Waals surface area (Å²) in [6, 6.07) is 12.1. The van der Waals surface area contributed by atoms with E-state index in [1.54, 1.807) is 0 Å². The molecule has 1 saturated heterocycles. The quantitative estimate of drug-likeness (QED) is 0.726. The molecule has 2 rings (SSSR count). The molecule has 16 heavy (non-hydrogen) atoms. The molecule has 2 heteroatoms. The van der Waals surface area contributed by atoms with Crippen LogP contribution in [0.1, 0.15) is 24.8 Å². The Balaban J connectivity index is 2.01. The smallest absolute Gasteiger partial charge is 0.0858 e. The molecule has 0 aliphatic carbocycles. The summed E-state index contributed by atoms with van der Waals surface area (Å²) >= 11 is 0. The van der Waals surface area contributed by atoms with Crippen LogP contribution in [0.3, 0.4) is 0 Å². The Kier molecular flexibility index (Phi) is 3.82. The highest BCUT2D eigenvalue weighted by Crippen LogP contribution is 2.25. The summed E-state index contributed by atoms with van der Waals surface area (Å²) in [5.74, 6) is 0. The molecule has 1 fully saturated rings. The van der Waals surface area contributed by atoms with Crippen molar-refractivity contribution in [3.8, 4) is 0 Å². The van der Waals surface area contributed by atoms with E-state index in [1.165, 1.54) is 30.9 Å². The van der Waals surface area contributed by atoms with Crippen molar-refractivity contribution in [1.82, 2.24) is 0 Å². The number of rotatable bonds is 3. The number of hydrogen-bond acceptors (Lipinski definition) is 1. The number of ether oxygens (including phenoxy) is 1. The minimum absolute atomic E-state index is 0.571. The van der Waals surface area contributed by atoms with E-state index in [1.807, 2.05) is 0 Å². The van der Waals surface area contributed by atoms with E-state index in [9.17, 15) is 0 Å². The maximum absolute atomic E-state index is 5.98. The first-order chi connectivity index (χ1) is 7.68. The summed E-state index contributed by atoms with van der Waals surface area (Å²) in [5, 5.41) is 0. The van der Waals surface area contributed by atoms with Crippen molar-refractivity contribution in [2.24, 2.45) is 0 Å². The Bertz CT molecular complexity index is 315. The lowest BCUT2D eigenvalue weighted by molar-refractivity contribution is 0.0596. The molecule has 0 radical (unpaired) electrons. The van der Waals surface area contributed by atoms with Gasteiger partial charge in [0.15, 0.2) is 0 Å². The fourth-order valence-corrected chi connectivity index (χ4v) is 5.66. The van der Waals surface area contributed by atoms with Crippen LogP contribution < -0.4 is 0 Å². The first-order valence-corrected chi connectivity index (χ1v) is 9.62. The van der Waals surface area contributed by atoms with E-state index in [0.29, 0.717) is 5.73 Å². The first-order valence-electron chi connectivity index (χ1n) is 6.34. The molecular weight excluding hydrogens is 212 g/mol. The van der Waals surface area contributed by atoms with Crippen LogP contribution in [0.2, 0.25) is 13.1 Å². The van der Waals surface area contributed by atoms with Crippen LogP contribution in [0.25, 0.3) is 0 Å². The highest BCUT2D eigenvalue weighted by atomic mass is 28.3. The predicted molar refractivity (Wildman–Crippen MR) is 71.2 cm³/mol. The van der Waals surface area contributed by atoms with Crippen molar-refractivity contribution in [2.45, 2.75) is 44.1 Å². The van der Waals surface area contributed by atoms with Crippen LogP contribution in [-0.4, -0.2) is 20.4 Å². The first kappa shape index (κ1) is 11.9. The van der Waals surface area contributed by atoms with E-state index in [-0.39, 0.29) is 0 Å². The number of benzene rings is 1. The Morgan fingerprint density at radius 2 is 1.94 bits per heavy atom. The Morgan fingerprint density at radius 3 is 2.56 bits per heavy atom. The Morgan fingerprint density at radius 1 is 1.19 bits per heavy atom. The fourth-order valence-electron chi connectivity index (χ4n) is 2.59. The third-order valence-electron chi connectivity index (χ3n) is 3.55. The fraction of sp³-hybridized carbons (Fsp3) is 0.571. The third-order valence-corrected chi connectivity index (χ3v) is 7.07. The van der Waals surface area contributed by atoms with Gasteiger partial charge in [-0.3, -0.25) is 0 Å². The molecular formula is C14H22OSi. The normalized spacial score (nSPS) is 22.0. The summed E-state index contributed by atoms with van der Waals surface area (Å²) in [4.78, 5) is 0. The standard InChI is InChI=1S/C14H22OSi/c1-16(2,14-10-6-7-11-15-14)12-13-8-4-3-5-9-13/h3-5,8-9,14H,6-7,10-12H2,1-2H3. The molecule has 0 N–H and O–H groups in total. The molecule has 1 heterocycles. The van der Waals surface area contributed by atoms with Gasteiger partial charge >= 0.3 is 0 Å². The van der Waals surface area contributed by atoms with Gasteiger partial charge in [0.2, 0.25) is 0 Å². The minimum Gasteiger partial charge on any atom is -0.382 e. The third kappa shape index (κ3) is 2.95. The lowest BCUT2D eigenvalue weighted by atomic mass is 10.2. The van der Waals surface area contributed by atoms with Crippen LogP contribution in [0, 0.1) is 0 Å². The molecule has 1 nitrogen and oxygen atoms in total. The monoisotopic (exact) mass is 234 g/mol. The Hall–Kier alpha value is -0.603. The summed E-state index contributed by atoms with van der Waals surface area (Å²) in [6.45, 7) is 5.92. The zero-order valence-electron chi connectivity index (χ0n) is 10.4. The van der Waals surface area contributed by atoms with Crippen LogP contribution in [0.5, 0.6) is 0 Å². The highest BCUT2D eigenvalue weighted by Gasteiger charge is 2.33.